The number of benzene rings is 1. The molecular weight excluding hydrogens is 234 g/mol. The van der Waals surface area contributed by atoms with Crippen molar-refractivity contribution in [3.63, 3.8) is 0 Å². The summed E-state index contributed by atoms with van der Waals surface area (Å²) in [7, 11) is 0. The van der Waals surface area contributed by atoms with E-state index in [4.69, 9.17) is 11.6 Å². The van der Waals surface area contributed by atoms with E-state index in [1.807, 2.05) is 24.4 Å². The van der Waals surface area contributed by atoms with E-state index in [1.165, 1.54) is 5.39 Å². The smallest absolute Gasteiger partial charge is 0.136 e. The molecule has 1 aliphatic rings. The summed E-state index contributed by atoms with van der Waals surface area (Å²) in [5.74, 6) is 1.07. The molecule has 2 aromatic rings. The molecule has 1 fully saturated rings. The molecule has 1 aromatic heterocycles. The Balaban J connectivity index is 2.09. The fourth-order valence-electron chi connectivity index (χ4n) is 2.26. The van der Waals surface area contributed by atoms with Crippen LogP contribution in [0.25, 0.3) is 10.8 Å². The Hall–Kier alpha value is -1.32. The van der Waals surface area contributed by atoms with E-state index in [2.05, 4.69) is 21.3 Å². The Bertz CT molecular complexity index is 535. The van der Waals surface area contributed by atoms with E-state index >= 15 is 0 Å². The molecule has 0 saturated carbocycles. The summed E-state index contributed by atoms with van der Waals surface area (Å²) in [4.78, 5) is 6.84. The quantitative estimate of drug-likeness (QED) is 0.838. The SMILES string of the molecule is Clc1ccc2c(N3CCNCC3)nccc2c1. The van der Waals surface area contributed by atoms with Gasteiger partial charge in [0.1, 0.15) is 5.82 Å². The van der Waals surface area contributed by atoms with Crippen LogP contribution in [-0.2, 0) is 0 Å². The number of hydrogen-bond acceptors (Lipinski definition) is 3. The highest BCUT2D eigenvalue weighted by Crippen LogP contribution is 2.26. The molecule has 4 heteroatoms. The first kappa shape index (κ1) is 10.8. The summed E-state index contributed by atoms with van der Waals surface area (Å²) in [6, 6.07) is 7.98. The highest BCUT2D eigenvalue weighted by molar-refractivity contribution is 6.31. The predicted octanol–water partition coefficient (Wildman–Crippen LogP) is 2.30. The number of piperazine rings is 1. The minimum Gasteiger partial charge on any atom is -0.354 e. The lowest BCUT2D eigenvalue weighted by molar-refractivity contribution is 0.586. The molecular formula is C13H14ClN3. The molecule has 3 nitrogen and oxygen atoms in total. The van der Waals surface area contributed by atoms with Crippen LogP contribution in [0.2, 0.25) is 5.02 Å². The first-order chi connectivity index (χ1) is 8.34. The van der Waals surface area contributed by atoms with Crippen LogP contribution >= 0.6 is 11.6 Å². The third-order valence-corrected chi connectivity index (χ3v) is 3.36. The fourth-order valence-corrected chi connectivity index (χ4v) is 2.44. The second-order valence-electron chi connectivity index (χ2n) is 4.24. The zero-order chi connectivity index (χ0) is 11.7. The number of aromatic nitrogens is 1. The zero-order valence-electron chi connectivity index (χ0n) is 9.49. The maximum absolute atomic E-state index is 6.01. The van der Waals surface area contributed by atoms with Crippen molar-refractivity contribution in [3.8, 4) is 0 Å². The second-order valence-corrected chi connectivity index (χ2v) is 4.67. The van der Waals surface area contributed by atoms with Crippen molar-refractivity contribution in [3.05, 3.63) is 35.5 Å². The van der Waals surface area contributed by atoms with Crippen molar-refractivity contribution in [1.29, 1.82) is 0 Å². The standard InChI is InChI=1S/C13H14ClN3/c14-11-1-2-12-10(9-11)3-4-16-13(12)17-7-5-15-6-8-17/h1-4,9,15H,5-8H2. The van der Waals surface area contributed by atoms with Crippen LogP contribution in [0.4, 0.5) is 5.82 Å². The first-order valence-corrected chi connectivity index (χ1v) is 6.22. The Morgan fingerprint density at radius 1 is 1.18 bits per heavy atom. The highest BCUT2D eigenvalue weighted by atomic mass is 35.5. The lowest BCUT2D eigenvalue weighted by Crippen LogP contribution is -2.43. The number of anilines is 1. The van der Waals surface area contributed by atoms with Crippen molar-refractivity contribution < 1.29 is 0 Å². The van der Waals surface area contributed by atoms with Crippen LogP contribution in [0.1, 0.15) is 0 Å². The van der Waals surface area contributed by atoms with Gasteiger partial charge in [0, 0.05) is 42.8 Å². The van der Waals surface area contributed by atoms with E-state index in [0.717, 1.165) is 42.4 Å². The van der Waals surface area contributed by atoms with Gasteiger partial charge in [-0.2, -0.15) is 0 Å². The van der Waals surface area contributed by atoms with Gasteiger partial charge in [0.05, 0.1) is 0 Å². The van der Waals surface area contributed by atoms with Crippen LogP contribution in [0.15, 0.2) is 30.5 Å². The molecule has 0 spiro atoms. The molecule has 1 N–H and O–H groups in total. The normalized spacial score (nSPS) is 16.4. The van der Waals surface area contributed by atoms with Gasteiger partial charge in [-0.3, -0.25) is 0 Å². The van der Waals surface area contributed by atoms with Crippen molar-refractivity contribution in [2.75, 3.05) is 31.1 Å². The topological polar surface area (TPSA) is 28.2 Å². The highest BCUT2D eigenvalue weighted by Gasteiger charge is 2.14. The van der Waals surface area contributed by atoms with Gasteiger partial charge >= 0.3 is 0 Å². The van der Waals surface area contributed by atoms with E-state index in [-0.39, 0.29) is 0 Å². The lowest BCUT2D eigenvalue weighted by Gasteiger charge is -2.29. The molecule has 0 amide bonds. The molecule has 0 bridgehead atoms. The monoisotopic (exact) mass is 247 g/mol. The second kappa shape index (κ2) is 4.51. The lowest BCUT2D eigenvalue weighted by atomic mass is 10.1. The molecule has 88 valence electrons. The van der Waals surface area contributed by atoms with Crippen molar-refractivity contribution in [2.45, 2.75) is 0 Å². The van der Waals surface area contributed by atoms with E-state index in [1.54, 1.807) is 0 Å². The number of nitrogens with one attached hydrogen (secondary N) is 1. The number of halogens is 1. The molecule has 1 saturated heterocycles. The van der Waals surface area contributed by atoms with E-state index in [9.17, 15) is 0 Å². The molecule has 0 atom stereocenters. The molecule has 0 unspecified atom stereocenters. The third kappa shape index (κ3) is 2.08. The minimum atomic E-state index is 0.773. The summed E-state index contributed by atoms with van der Waals surface area (Å²) >= 11 is 6.01. The number of nitrogens with zero attached hydrogens (tertiary/aromatic N) is 2. The van der Waals surface area contributed by atoms with Gasteiger partial charge in [-0.1, -0.05) is 11.6 Å². The van der Waals surface area contributed by atoms with Crippen LogP contribution < -0.4 is 10.2 Å². The largest absolute Gasteiger partial charge is 0.354 e. The van der Waals surface area contributed by atoms with Gasteiger partial charge < -0.3 is 10.2 Å². The van der Waals surface area contributed by atoms with Crippen molar-refractivity contribution in [1.82, 2.24) is 10.3 Å². The molecule has 1 aromatic carbocycles. The summed E-state index contributed by atoms with van der Waals surface area (Å²) in [5, 5.41) is 6.46. The number of rotatable bonds is 1. The third-order valence-electron chi connectivity index (χ3n) is 3.12. The number of pyridine rings is 1. The molecule has 1 aliphatic heterocycles. The van der Waals surface area contributed by atoms with Crippen molar-refractivity contribution >= 4 is 28.2 Å². The van der Waals surface area contributed by atoms with Gasteiger partial charge in [-0.15, -0.1) is 0 Å². The Kier molecular flexibility index (Phi) is 2.87. The Labute approximate surface area is 105 Å². The molecule has 0 aliphatic carbocycles. The van der Waals surface area contributed by atoms with E-state index < -0.39 is 0 Å². The zero-order valence-corrected chi connectivity index (χ0v) is 10.2. The summed E-state index contributed by atoms with van der Waals surface area (Å²) in [5.41, 5.74) is 0. The van der Waals surface area contributed by atoms with Gasteiger partial charge in [-0.25, -0.2) is 4.98 Å². The molecule has 0 radical (unpaired) electrons. The minimum absolute atomic E-state index is 0.773. The maximum atomic E-state index is 6.01. The van der Waals surface area contributed by atoms with Crippen LogP contribution in [0.3, 0.4) is 0 Å². The average molecular weight is 248 g/mol. The van der Waals surface area contributed by atoms with Gasteiger partial charge in [0.25, 0.3) is 0 Å². The van der Waals surface area contributed by atoms with E-state index in [0.29, 0.717) is 0 Å². The predicted molar refractivity (Wildman–Crippen MR) is 71.8 cm³/mol. The first-order valence-electron chi connectivity index (χ1n) is 5.84. The molecule has 2 heterocycles. The number of fused-ring (bicyclic) bond motifs is 1. The summed E-state index contributed by atoms with van der Waals surface area (Å²) < 4.78 is 0. The average Bonchev–Trinajstić information content (AvgIpc) is 2.39. The Morgan fingerprint density at radius 3 is 2.82 bits per heavy atom. The van der Waals surface area contributed by atoms with Gasteiger partial charge in [0.15, 0.2) is 0 Å². The fraction of sp³-hybridized carbons (Fsp3) is 0.308. The van der Waals surface area contributed by atoms with Gasteiger partial charge in [-0.05, 0) is 29.7 Å². The Morgan fingerprint density at radius 2 is 2.00 bits per heavy atom. The van der Waals surface area contributed by atoms with Crippen LogP contribution in [-0.4, -0.2) is 31.2 Å². The number of hydrogen-bond donors (Lipinski definition) is 1. The summed E-state index contributed by atoms with van der Waals surface area (Å²) in [6.07, 6.45) is 1.86. The maximum Gasteiger partial charge on any atom is 0.136 e. The molecule has 17 heavy (non-hydrogen) atoms. The summed E-state index contributed by atoms with van der Waals surface area (Å²) in [6.45, 7) is 4.06. The van der Waals surface area contributed by atoms with Gasteiger partial charge in [0.2, 0.25) is 0 Å². The van der Waals surface area contributed by atoms with Crippen LogP contribution in [0, 0.1) is 0 Å². The molecule has 3 rings (SSSR count). The van der Waals surface area contributed by atoms with Crippen molar-refractivity contribution in [2.24, 2.45) is 0 Å². The van der Waals surface area contributed by atoms with Crippen LogP contribution in [0.5, 0.6) is 0 Å².